The summed E-state index contributed by atoms with van der Waals surface area (Å²) in [6.07, 6.45) is 1.65. The van der Waals surface area contributed by atoms with E-state index in [9.17, 15) is 12.8 Å². The first-order valence-corrected chi connectivity index (χ1v) is 6.72. The van der Waals surface area contributed by atoms with Gasteiger partial charge in [-0.3, -0.25) is 0 Å². The van der Waals surface area contributed by atoms with Gasteiger partial charge in [0, 0.05) is 6.04 Å². The molecule has 0 radical (unpaired) electrons. The van der Waals surface area contributed by atoms with Crippen LogP contribution in [0.1, 0.15) is 26.7 Å². The molecule has 1 aromatic carbocycles. The fraction of sp³-hybridized carbons (Fsp3) is 0.455. The van der Waals surface area contributed by atoms with E-state index in [2.05, 4.69) is 4.72 Å². The largest absolute Gasteiger partial charge is 0.240 e. The summed E-state index contributed by atoms with van der Waals surface area (Å²) in [5.74, 6) is -0.550. The molecule has 0 spiro atoms. The van der Waals surface area contributed by atoms with E-state index >= 15 is 0 Å². The lowest BCUT2D eigenvalue weighted by Gasteiger charge is -2.13. The second-order valence-electron chi connectivity index (χ2n) is 3.77. The number of benzene rings is 1. The molecule has 5 heteroatoms. The zero-order valence-corrected chi connectivity index (χ0v) is 10.2. The Labute approximate surface area is 95.7 Å². The minimum absolute atomic E-state index is 0.0320. The number of halogens is 1. The van der Waals surface area contributed by atoms with E-state index in [0.717, 1.165) is 18.9 Å². The average Bonchev–Trinajstić information content (AvgIpc) is 2.17. The third kappa shape index (κ3) is 3.57. The van der Waals surface area contributed by atoms with Crippen LogP contribution in [0.3, 0.4) is 0 Å². The summed E-state index contributed by atoms with van der Waals surface area (Å²) in [4.78, 5) is -0.0320. The van der Waals surface area contributed by atoms with Crippen molar-refractivity contribution in [3.63, 3.8) is 0 Å². The number of hydrogen-bond acceptors (Lipinski definition) is 2. The van der Waals surface area contributed by atoms with Crippen LogP contribution >= 0.6 is 0 Å². The smallest absolute Gasteiger partial charge is 0.208 e. The van der Waals surface area contributed by atoms with Gasteiger partial charge in [-0.25, -0.2) is 17.5 Å². The molecule has 0 aliphatic rings. The topological polar surface area (TPSA) is 46.2 Å². The van der Waals surface area contributed by atoms with Gasteiger partial charge in [0.2, 0.25) is 10.0 Å². The molecule has 0 fully saturated rings. The van der Waals surface area contributed by atoms with Crippen molar-refractivity contribution in [2.24, 2.45) is 0 Å². The Bertz CT molecular complexity index is 445. The van der Waals surface area contributed by atoms with Crippen LogP contribution in [0.25, 0.3) is 0 Å². The molecule has 1 aromatic rings. The van der Waals surface area contributed by atoms with Crippen molar-refractivity contribution in [2.45, 2.75) is 37.6 Å². The van der Waals surface area contributed by atoms with Gasteiger partial charge in [-0.2, -0.15) is 0 Å². The first-order valence-electron chi connectivity index (χ1n) is 5.23. The molecule has 0 aliphatic carbocycles. The van der Waals surface area contributed by atoms with Gasteiger partial charge in [0.05, 0.1) is 4.90 Å². The fourth-order valence-corrected chi connectivity index (χ4v) is 2.77. The molecule has 90 valence electrons. The van der Waals surface area contributed by atoms with E-state index in [-0.39, 0.29) is 10.9 Å². The highest BCUT2D eigenvalue weighted by Gasteiger charge is 2.16. The summed E-state index contributed by atoms with van der Waals surface area (Å²) in [7, 11) is -3.59. The molecule has 1 atom stereocenters. The normalized spacial score (nSPS) is 13.7. The summed E-state index contributed by atoms with van der Waals surface area (Å²) in [6.45, 7) is 3.77. The van der Waals surface area contributed by atoms with Crippen molar-refractivity contribution in [1.82, 2.24) is 4.72 Å². The lowest BCUT2D eigenvalue weighted by molar-refractivity contribution is 0.542. The summed E-state index contributed by atoms with van der Waals surface area (Å²) >= 11 is 0. The minimum Gasteiger partial charge on any atom is -0.208 e. The monoisotopic (exact) mass is 245 g/mol. The van der Waals surface area contributed by atoms with Crippen molar-refractivity contribution in [1.29, 1.82) is 0 Å². The van der Waals surface area contributed by atoms with Crippen LogP contribution in [0.4, 0.5) is 4.39 Å². The van der Waals surface area contributed by atoms with Gasteiger partial charge in [0.1, 0.15) is 5.82 Å². The van der Waals surface area contributed by atoms with Crippen molar-refractivity contribution in [2.75, 3.05) is 0 Å². The van der Waals surface area contributed by atoms with E-state index < -0.39 is 15.8 Å². The average molecular weight is 245 g/mol. The predicted octanol–water partition coefficient (Wildman–Crippen LogP) is 2.29. The second-order valence-corrected chi connectivity index (χ2v) is 5.48. The molecule has 0 amide bonds. The van der Waals surface area contributed by atoms with Crippen LogP contribution in [0.2, 0.25) is 0 Å². The molecule has 0 aromatic heterocycles. The highest BCUT2D eigenvalue weighted by atomic mass is 32.2. The van der Waals surface area contributed by atoms with Gasteiger partial charge in [-0.15, -0.1) is 0 Å². The summed E-state index contributed by atoms with van der Waals surface area (Å²) < 4.78 is 39.0. The van der Waals surface area contributed by atoms with Gasteiger partial charge in [-0.05, 0) is 31.5 Å². The molecule has 0 unspecified atom stereocenters. The summed E-state index contributed by atoms with van der Waals surface area (Å²) in [6, 6.07) is 4.85. The first kappa shape index (κ1) is 13.1. The number of sulfonamides is 1. The molecule has 0 heterocycles. The maximum Gasteiger partial charge on any atom is 0.240 e. The van der Waals surface area contributed by atoms with E-state index in [4.69, 9.17) is 0 Å². The van der Waals surface area contributed by atoms with Crippen LogP contribution < -0.4 is 4.72 Å². The van der Waals surface area contributed by atoms with Crippen LogP contribution in [0, 0.1) is 5.82 Å². The van der Waals surface area contributed by atoms with Crippen molar-refractivity contribution >= 4 is 10.0 Å². The van der Waals surface area contributed by atoms with E-state index in [1.807, 2.05) is 6.92 Å². The highest BCUT2D eigenvalue weighted by Crippen LogP contribution is 2.11. The Morgan fingerprint density at radius 1 is 1.44 bits per heavy atom. The van der Waals surface area contributed by atoms with Crippen LogP contribution in [0.15, 0.2) is 29.2 Å². The Kier molecular flexibility index (Phi) is 4.44. The second kappa shape index (κ2) is 5.41. The third-order valence-corrected chi connectivity index (χ3v) is 3.77. The van der Waals surface area contributed by atoms with Gasteiger partial charge in [0.15, 0.2) is 0 Å². The molecular formula is C11H16FNO2S. The Balaban J connectivity index is 2.86. The fourth-order valence-electron chi connectivity index (χ4n) is 1.46. The van der Waals surface area contributed by atoms with E-state index in [0.29, 0.717) is 0 Å². The van der Waals surface area contributed by atoms with Crippen molar-refractivity contribution in [3.05, 3.63) is 30.1 Å². The van der Waals surface area contributed by atoms with E-state index in [1.54, 1.807) is 6.92 Å². The zero-order chi connectivity index (χ0) is 12.2. The lowest BCUT2D eigenvalue weighted by Crippen LogP contribution is -2.32. The van der Waals surface area contributed by atoms with Crippen molar-refractivity contribution in [3.8, 4) is 0 Å². The van der Waals surface area contributed by atoms with Gasteiger partial charge >= 0.3 is 0 Å². The molecule has 1 rings (SSSR count). The maximum atomic E-state index is 12.9. The highest BCUT2D eigenvalue weighted by molar-refractivity contribution is 7.89. The van der Waals surface area contributed by atoms with Gasteiger partial charge < -0.3 is 0 Å². The van der Waals surface area contributed by atoms with Gasteiger partial charge in [-0.1, -0.05) is 19.4 Å². The Morgan fingerprint density at radius 2 is 2.12 bits per heavy atom. The minimum atomic E-state index is -3.59. The van der Waals surface area contributed by atoms with Gasteiger partial charge in [0.25, 0.3) is 0 Å². The van der Waals surface area contributed by atoms with Crippen LogP contribution in [-0.4, -0.2) is 14.5 Å². The molecule has 0 aliphatic heterocycles. The molecule has 3 nitrogen and oxygen atoms in total. The molecular weight excluding hydrogens is 229 g/mol. The number of rotatable bonds is 5. The summed E-state index contributed by atoms with van der Waals surface area (Å²) in [5.41, 5.74) is 0. The number of nitrogens with one attached hydrogen (secondary N) is 1. The van der Waals surface area contributed by atoms with Crippen LogP contribution in [0.5, 0.6) is 0 Å². The quantitative estimate of drug-likeness (QED) is 0.865. The standard InChI is InChI=1S/C11H16FNO2S/c1-3-5-9(2)13-16(14,15)11-7-4-6-10(12)8-11/h4,6-9,13H,3,5H2,1-2H3/t9-/m0/s1. The molecule has 1 N–H and O–H groups in total. The lowest BCUT2D eigenvalue weighted by atomic mass is 10.2. The molecule has 0 bridgehead atoms. The third-order valence-electron chi connectivity index (χ3n) is 2.18. The van der Waals surface area contributed by atoms with E-state index in [1.165, 1.54) is 18.2 Å². The first-order chi connectivity index (χ1) is 7.45. The van der Waals surface area contributed by atoms with Crippen molar-refractivity contribution < 1.29 is 12.8 Å². The Hall–Kier alpha value is -0.940. The predicted molar refractivity (Wildman–Crippen MR) is 61.1 cm³/mol. The molecule has 0 saturated heterocycles. The zero-order valence-electron chi connectivity index (χ0n) is 9.40. The Morgan fingerprint density at radius 3 is 2.69 bits per heavy atom. The molecule has 16 heavy (non-hydrogen) atoms. The summed E-state index contributed by atoms with van der Waals surface area (Å²) in [5, 5.41) is 0. The number of hydrogen-bond donors (Lipinski definition) is 1. The maximum absolute atomic E-state index is 12.9. The SMILES string of the molecule is CCC[C@H](C)NS(=O)(=O)c1cccc(F)c1. The van der Waals surface area contributed by atoms with Crippen LogP contribution in [-0.2, 0) is 10.0 Å². The molecule has 0 saturated carbocycles.